The average molecular weight is 469 g/mol. The van der Waals surface area contributed by atoms with Crippen LogP contribution in [0.3, 0.4) is 0 Å². The molecule has 2 heterocycles. The molecule has 0 radical (unpaired) electrons. The molecule has 35 heavy (non-hydrogen) atoms. The van der Waals surface area contributed by atoms with E-state index in [9.17, 15) is 4.79 Å². The van der Waals surface area contributed by atoms with E-state index in [0.29, 0.717) is 31.3 Å². The van der Waals surface area contributed by atoms with E-state index >= 15 is 0 Å². The van der Waals surface area contributed by atoms with Crippen molar-refractivity contribution in [3.05, 3.63) is 94.7 Å². The summed E-state index contributed by atoms with van der Waals surface area (Å²) < 4.78 is 11.7. The van der Waals surface area contributed by atoms with E-state index in [1.54, 1.807) is 0 Å². The summed E-state index contributed by atoms with van der Waals surface area (Å²) in [5.41, 5.74) is 6.71. The van der Waals surface area contributed by atoms with Gasteiger partial charge in [-0.1, -0.05) is 60.2 Å². The van der Waals surface area contributed by atoms with E-state index in [-0.39, 0.29) is 18.4 Å². The van der Waals surface area contributed by atoms with Gasteiger partial charge in [0.05, 0.1) is 25.7 Å². The van der Waals surface area contributed by atoms with Gasteiger partial charge in [-0.15, -0.1) is 0 Å². The van der Waals surface area contributed by atoms with Crippen LogP contribution in [-0.2, 0) is 17.6 Å². The number of rotatable bonds is 7. The Bertz CT molecular complexity index is 1340. The number of benzene rings is 3. The molecule has 180 valence electrons. The lowest BCUT2D eigenvalue weighted by Crippen LogP contribution is -2.41. The topological polar surface area (TPSA) is 54.6 Å². The zero-order valence-corrected chi connectivity index (χ0v) is 20.6. The number of H-pyrrole nitrogens is 1. The van der Waals surface area contributed by atoms with Gasteiger partial charge in [0.25, 0.3) is 0 Å². The maximum absolute atomic E-state index is 13.9. The molecule has 1 unspecified atom stereocenters. The molecule has 0 aliphatic carbocycles. The van der Waals surface area contributed by atoms with Crippen LogP contribution in [0.4, 0.5) is 0 Å². The molecule has 1 N–H and O–H groups in total. The third-order valence-electron chi connectivity index (χ3n) is 6.74. The van der Waals surface area contributed by atoms with Crippen LogP contribution in [0.1, 0.15) is 47.8 Å². The summed E-state index contributed by atoms with van der Waals surface area (Å²) in [5, 5.41) is 1.25. The van der Waals surface area contributed by atoms with Gasteiger partial charge in [-0.2, -0.15) is 0 Å². The van der Waals surface area contributed by atoms with Crippen molar-refractivity contribution in [3.63, 3.8) is 0 Å². The van der Waals surface area contributed by atoms with E-state index in [2.05, 4.69) is 60.4 Å². The van der Waals surface area contributed by atoms with Gasteiger partial charge in [0.15, 0.2) is 11.5 Å². The highest BCUT2D eigenvalue weighted by molar-refractivity contribution is 5.87. The average Bonchev–Trinajstić information content (AvgIpc) is 3.25. The number of aromatic nitrogens is 1. The monoisotopic (exact) mass is 468 g/mol. The molecule has 3 aromatic carbocycles. The summed E-state index contributed by atoms with van der Waals surface area (Å²) in [6, 6.07) is 22.6. The number of aryl methyl sites for hydroxylation is 1. The van der Waals surface area contributed by atoms with Crippen LogP contribution in [0.2, 0.25) is 0 Å². The minimum absolute atomic E-state index is 0.0782. The van der Waals surface area contributed by atoms with E-state index in [1.165, 1.54) is 16.5 Å². The third kappa shape index (κ3) is 4.39. The highest BCUT2D eigenvalue weighted by Gasteiger charge is 2.34. The second kappa shape index (κ2) is 9.87. The fourth-order valence-corrected chi connectivity index (χ4v) is 5.15. The summed E-state index contributed by atoms with van der Waals surface area (Å²) in [4.78, 5) is 19.6. The van der Waals surface area contributed by atoms with Crippen molar-refractivity contribution < 1.29 is 14.3 Å². The number of ether oxygens (including phenoxy) is 2. The molecule has 0 spiro atoms. The van der Waals surface area contributed by atoms with Gasteiger partial charge in [0, 0.05) is 28.7 Å². The van der Waals surface area contributed by atoms with Crippen molar-refractivity contribution in [2.45, 2.75) is 39.7 Å². The Morgan fingerprint density at radius 1 is 0.971 bits per heavy atom. The number of nitrogens with zero attached hydrogens (tertiary/aromatic N) is 1. The number of carbonyl (C=O) groups excluding carboxylic acids is 1. The lowest BCUT2D eigenvalue weighted by molar-refractivity contribution is -0.132. The van der Waals surface area contributed by atoms with Gasteiger partial charge < -0.3 is 19.4 Å². The Balaban J connectivity index is 1.54. The number of amides is 1. The van der Waals surface area contributed by atoms with Crippen molar-refractivity contribution in [2.24, 2.45) is 0 Å². The molecule has 0 bridgehead atoms. The van der Waals surface area contributed by atoms with Crippen molar-refractivity contribution >= 4 is 16.8 Å². The normalized spacial score (nSPS) is 15.2. The van der Waals surface area contributed by atoms with Crippen molar-refractivity contribution in [3.8, 4) is 11.5 Å². The molecule has 0 saturated heterocycles. The van der Waals surface area contributed by atoms with Crippen LogP contribution in [-0.4, -0.2) is 35.5 Å². The quantitative estimate of drug-likeness (QED) is 0.362. The number of hydrogen-bond acceptors (Lipinski definition) is 3. The van der Waals surface area contributed by atoms with Crippen LogP contribution in [0.25, 0.3) is 10.9 Å². The lowest BCUT2D eigenvalue weighted by Gasteiger charge is -2.36. The summed E-state index contributed by atoms with van der Waals surface area (Å²) in [5.74, 6) is 1.43. The first kappa shape index (κ1) is 23.0. The summed E-state index contributed by atoms with van der Waals surface area (Å²) >= 11 is 0. The molecule has 5 heteroatoms. The summed E-state index contributed by atoms with van der Waals surface area (Å²) in [6.45, 7) is 7.71. The minimum atomic E-state index is -0.162. The second-order valence-corrected chi connectivity index (χ2v) is 9.00. The highest BCUT2D eigenvalue weighted by atomic mass is 16.5. The largest absolute Gasteiger partial charge is 0.490 e. The molecule has 1 aliphatic rings. The Labute approximate surface area is 206 Å². The van der Waals surface area contributed by atoms with Gasteiger partial charge in [0.1, 0.15) is 0 Å². The molecule has 1 aromatic heterocycles. The summed E-state index contributed by atoms with van der Waals surface area (Å²) in [6.07, 6.45) is 1.08. The zero-order chi connectivity index (χ0) is 24.4. The second-order valence-electron chi connectivity index (χ2n) is 9.00. The van der Waals surface area contributed by atoms with E-state index in [0.717, 1.165) is 28.8 Å². The Kier molecular flexibility index (Phi) is 6.49. The number of nitrogens with one attached hydrogen (secondary N) is 1. The lowest BCUT2D eigenvalue weighted by atomic mass is 9.91. The smallest absolute Gasteiger partial charge is 0.227 e. The molecule has 0 saturated carbocycles. The van der Waals surface area contributed by atoms with Gasteiger partial charge in [-0.05, 0) is 50.5 Å². The Hall–Kier alpha value is -3.73. The highest BCUT2D eigenvalue weighted by Crippen LogP contribution is 2.39. The van der Waals surface area contributed by atoms with Crippen LogP contribution >= 0.6 is 0 Å². The number of hydrogen-bond donors (Lipinski definition) is 1. The first-order valence-electron chi connectivity index (χ1n) is 12.4. The maximum Gasteiger partial charge on any atom is 0.227 e. The molecule has 5 nitrogen and oxygen atoms in total. The fraction of sp³-hybridized carbons (Fsp3) is 0.300. The van der Waals surface area contributed by atoms with Gasteiger partial charge in [-0.25, -0.2) is 0 Å². The Morgan fingerprint density at radius 2 is 1.74 bits per heavy atom. The van der Waals surface area contributed by atoms with E-state index < -0.39 is 0 Å². The van der Waals surface area contributed by atoms with E-state index in [1.807, 2.05) is 36.9 Å². The van der Waals surface area contributed by atoms with Crippen LogP contribution in [0.5, 0.6) is 11.5 Å². The zero-order valence-electron chi connectivity index (χ0n) is 20.6. The standard InChI is InChI=1S/C30H32N2O3/c1-4-34-26-12-8-9-22(30(26)35-5-2)19-27(33)32-18-17-24-23-10-6-7-11-25(23)31-28(24)29(32)21-15-13-20(3)14-16-21/h6-16,29,31H,4-5,17-19H2,1-3H3. The first-order chi connectivity index (χ1) is 17.1. The maximum atomic E-state index is 13.9. The van der Waals surface area contributed by atoms with E-state index in [4.69, 9.17) is 9.47 Å². The Morgan fingerprint density at radius 3 is 2.51 bits per heavy atom. The van der Waals surface area contributed by atoms with Crippen molar-refractivity contribution in [2.75, 3.05) is 19.8 Å². The number of para-hydroxylation sites is 2. The molecule has 1 aliphatic heterocycles. The molecular weight excluding hydrogens is 436 g/mol. The van der Waals surface area contributed by atoms with Gasteiger partial charge >= 0.3 is 0 Å². The number of aromatic amines is 1. The predicted molar refractivity (Wildman–Crippen MR) is 139 cm³/mol. The molecule has 4 aromatic rings. The predicted octanol–water partition coefficient (Wildman–Crippen LogP) is 5.99. The van der Waals surface area contributed by atoms with Crippen molar-refractivity contribution in [1.82, 2.24) is 9.88 Å². The molecule has 0 fully saturated rings. The van der Waals surface area contributed by atoms with Crippen LogP contribution in [0.15, 0.2) is 66.7 Å². The first-order valence-corrected chi connectivity index (χ1v) is 12.4. The SMILES string of the molecule is CCOc1cccc(CC(=O)N2CCc3c([nH]c4ccccc34)C2c2ccc(C)cc2)c1OCC. The molecule has 1 amide bonds. The molecular formula is C30H32N2O3. The fourth-order valence-electron chi connectivity index (χ4n) is 5.15. The molecule has 5 rings (SSSR count). The van der Waals surface area contributed by atoms with Crippen LogP contribution in [0, 0.1) is 6.92 Å². The summed E-state index contributed by atoms with van der Waals surface area (Å²) in [7, 11) is 0. The van der Waals surface area contributed by atoms with Gasteiger partial charge in [-0.3, -0.25) is 4.79 Å². The van der Waals surface area contributed by atoms with Crippen LogP contribution < -0.4 is 9.47 Å². The number of fused-ring (bicyclic) bond motifs is 3. The van der Waals surface area contributed by atoms with Crippen molar-refractivity contribution in [1.29, 1.82) is 0 Å². The van der Waals surface area contributed by atoms with Gasteiger partial charge in [0.2, 0.25) is 5.91 Å². The third-order valence-corrected chi connectivity index (χ3v) is 6.74. The minimum Gasteiger partial charge on any atom is -0.490 e. The molecule has 1 atom stereocenters. The number of carbonyl (C=O) groups is 1.